The molecule has 1 N–H and O–H groups in total. The summed E-state index contributed by atoms with van der Waals surface area (Å²) < 4.78 is 28.0. The van der Waals surface area contributed by atoms with Gasteiger partial charge in [0.15, 0.2) is 0 Å². The fraction of sp³-hybridized carbons (Fsp3) is 0.192. The molecule has 3 aromatic rings. The molecule has 1 heterocycles. The van der Waals surface area contributed by atoms with Gasteiger partial charge >= 0.3 is 0 Å². The Morgan fingerprint density at radius 1 is 0.906 bits per heavy atom. The Morgan fingerprint density at radius 2 is 1.62 bits per heavy atom. The highest BCUT2D eigenvalue weighted by molar-refractivity contribution is 7.92. The Hall–Kier alpha value is -3.38. The number of carbonyl (C=O) groups excluding carboxylic acids is 1. The van der Waals surface area contributed by atoms with Crippen molar-refractivity contribution in [2.24, 2.45) is 0 Å². The first-order chi connectivity index (χ1) is 15.3. The summed E-state index contributed by atoms with van der Waals surface area (Å²) in [6.07, 6.45) is 2.91. The SMILES string of the molecule is Cc1ccc(S(=O)(=O)Nc2ccc(C(=O)N3CC=C(c4ccccc4)CC3)cc2)cc1C. The lowest BCUT2D eigenvalue weighted by atomic mass is 9.99. The Morgan fingerprint density at radius 3 is 2.25 bits per heavy atom. The van der Waals surface area contributed by atoms with E-state index >= 15 is 0 Å². The van der Waals surface area contributed by atoms with Crippen LogP contribution in [0.2, 0.25) is 0 Å². The number of aryl methyl sites for hydroxylation is 2. The molecule has 1 aliphatic rings. The predicted molar refractivity (Wildman–Crippen MR) is 128 cm³/mol. The molecule has 0 spiro atoms. The Kier molecular flexibility index (Phi) is 6.15. The fourth-order valence-corrected chi connectivity index (χ4v) is 4.87. The van der Waals surface area contributed by atoms with Crippen LogP contribution >= 0.6 is 0 Å². The Bertz CT molecular complexity index is 1260. The first-order valence-electron chi connectivity index (χ1n) is 10.6. The quantitative estimate of drug-likeness (QED) is 0.598. The summed E-state index contributed by atoms with van der Waals surface area (Å²) in [6.45, 7) is 5.04. The van der Waals surface area contributed by atoms with Crippen LogP contribution in [-0.2, 0) is 10.0 Å². The van der Waals surface area contributed by atoms with Crippen LogP contribution in [-0.4, -0.2) is 32.3 Å². The maximum absolute atomic E-state index is 12.9. The van der Waals surface area contributed by atoms with Crippen LogP contribution in [0.4, 0.5) is 5.69 Å². The molecular weight excluding hydrogens is 420 g/mol. The number of amides is 1. The van der Waals surface area contributed by atoms with Gasteiger partial charge in [0.05, 0.1) is 4.90 Å². The second kappa shape index (κ2) is 9.01. The topological polar surface area (TPSA) is 66.5 Å². The molecule has 0 fully saturated rings. The fourth-order valence-electron chi connectivity index (χ4n) is 3.73. The van der Waals surface area contributed by atoms with Gasteiger partial charge in [-0.2, -0.15) is 0 Å². The van der Waals surface area contributed by atoms with Gasteiger partial charge in [-0.15, -0.1) is 0 Å². The van der Waals surface area contributed by atoms with E-state index in [-0.39, 0.29) is 10.8 Å². The number of hydrogen-bond acceptors (Lipinski definition) is 3. The van der Waals surface area contributed by atoms with E-state index in [1.54, 1.807) is 47.4 Å². The van der Waals surface area contributed by atoms with E-state index < -0.39 is 10.0 Å². The number of nitrogens with zero attached hydrogens (tertiary/aromatic N) is 1. The van der Waals surface area contributed by atoms with Gasteiger partial charge in [0.2, 0.25) is 0 Å². The zero-order chi connectivity index (χ0) is 22.7. The molecule has 164 valence electrons. The standard InChI is InChI=1S/C26H26N2O3S/c1-19-8-13-25(18-20(19)2)32(30,31)27-24-11-9-23(10-12-24)26(29)28-16-14-22(15-17-28)21-6-4-3-5-7-21/h3-14,18,27H,15-17H2,1-2H3. The zero-order valence-electron chi connectivity index (χ0n) is 18.2. The maximum atomic E-state index is 12.9. The molecular formula is C26H26N2O3S. The van der Waals surface area contributed by atoms with E-state index in [0.717, 1.165) is 17.5 Å². The lowest BCUT2D eigenvalue weighted by molar-refractivity contribution is 0.0773. The summed E-state index contributed by atoms with van der Waals surface area (Å²) >= 11 is 0. The second-order valence-electron chi connectivity index (χ2n) is 8.03. The summed E-state index contributed by atoms with van der Waals surface area (Å²) in [4.78, 5) is 14.9. The van der Waals surface area contributed by atoms with Crippen molar-refractivity contribution in [3.05, 3.63) is 101 Å². The molecule has 0 saturated carbocycles. The molecule has 0 aliphatic carbocycles. The summed E-state index contributed by atoms with van der Waals surface area (Å²) in [5.41, 5.74) is 5.36. The Labute approximate surface area is 189 Å². The van der Waals surface area contributed by atoms with Crippen molar-refractivity contribution in [1.82, 2.24) is 4.90 Å². The van der Waals surface area contributed by atoms with Crippen LogP contribution in [0.1, 0.15) is 33.5 Å². The Balaban J connectivity index is 1.43. The third-order valence-electron chi connectivity index (χ3n) is 5.81. The molecule has 0 aromatic heterocycles. The molecule has 0 bridgehead atoms. The predicted octanol–water partition coefficient (Wildman–Crippen LogP) is 5.03. The van der Waals surface area contributed by atoms with Crippen LogP contribution in [0.25, 0.3) is 5.57 Å². The molecule has 3 aromatic carbocycles. The van der Waals surface area contributed by atoms with Crippen molar-refractivity contribution >= 4 is 27.2 Å². The highest BCUT2D eigenvalue weighted by Crippen LogP contribution is 2.24. The number of nitrogens with one attached hydrogen (secondary N) is 1. The molecule has 0 saturated heterocycles. The lowest BCUT2D eigenvalue weighted by Gasteiger charge is -2.27. The minimum absolute atomic E-state index is 0.0584. The van der Waals surface area contributed by atoms with E-state index in [1.165, 1.54) is 11.1 Å². The van der Waals surface area contributed by atoms with Crippen LogP contribution in [0.3, 0.4) is 0 Å². The van der Waals surface area contributed by atoms with Crippen molar-refractivity contribution in [2.75, 3.05) is 17.8 Å². The molecule has 5 nitrogen and oxygen atoms in total. The third-order valence-corrected chi connectivity index (χ3v) is 7.19. The van der Waals surface area contributed by atoms with Crippen LogP contribution in [0.5, 0.6) is 0 Å². The lowest BCUT2D eigenvalue weighted by Crippen LogP contribution is -2.34. The number of anilines is 1. The first-order valence-corrected chi connectivity index (χ1v) is 12.1. The van der Waals surface area contributed by atoms with Crippen molar-refractivity contribution in [3.63, 3.8) is 0 Å². The summed E-state index contributed by atoms with van der Waals surface area (Å²) in [6, 6.07) is 21.8. The minimum atomic E-state index is -3.69. The molecule has 1 aliphatic heterocycles. The first kappa shape index (κ1) is 21.8. The number of rotatable bonds is 5. The van der Waals surface area contributed by atoms with Crippen molar-refractivity contribution in [3.8, 4) is 0 Å². The zero-order valence-corrected chi connectivity index (χ0v) is 19.0. The second-order valence-corrected chi connectivity index (χ2v) is 9.71. The normalized spacial score (nSPS) is 14.1. The largest absolute Gasteiger partial charge is 0.335 e. The maximum Gasteiger partial charge on any atom is 0.261 e. The van der Waals surface area contributed by atoms with Gasteiger partial charge in [-0.25, -0.2) is 8.42 Å². The number of carbonyl (C=O) groups is 1. The average Bonchev–Trinajstić information content (AvgIpc) is 2.81. The van der Waals surface area contributed by atoms with Crippen molar-refractivity contribution in [1.29, 1.82) is 0 Å². The van der Waals surface area contributed by atoms with E-state index in [9.17, 15) is 13.2 Å². The van der Waals surface area contributed by atoms with Crippen LogP contribution in [0, 0.1) is 13.8 Å². The van der Waals surface area contributed by atoms with Crippen molar-refractivity contribution < 1.29 is 13.2 Å². The van der Waals surface area contributed by atoms with Gasteiger partial charge in [-0.05, 0) is 78.9 Å². The average molecular weight is 447 g/mol. The summed E-state index contributed by atoms with van der Waals surface area (Å²) in [5, 5.41) is 0. The van der Waals surface area contributed by atoms with Crippen LogP contribution < -0.4 is 4.72 Å². The van der Waals surface area contributed by atoms with Gasteiger partial charge in [0.25, 0.3) is 15.9 Å². The third kappa shape index (κ3) is 4.75. The van der Waals surface area contributed by atoms with Crippen LogP contribution in [0.15, 0.2) is 83.8 Å². The number of hydrogen-bond donors (Lipinski definition) is 1. The van der Waals surface area contributed by atoms with E-state index in [4.69, 9.17) is 0 Å². The van der Waals surface area contributed by atoms with Crippen molar-refractivity contribution in [2.45, 2.75) is 25.2 Å². The molecule has 1 amide bonds. The molecule has 32 heavy (non-hydrogen) atoms. The molecule has 0 atom stereocenters. The molecule has 0 radical (unpaired) electrons. The smallest absolute Gasteiger partial charge is 0.261 e. The highest BCUT2D eigenvalue weighted by Gasteiger charge is 2.20. The van der Waals surface area contributed by atoms with Gasteiger partial charge < -0.3 is 4.90 Å². The number of benzene rings is 3. The minimum Gasteiger partial charge on any atom is -0.335 e. The monoisotopic (exact) mass is 446 g/mol. The number of sulfonamides is 1. The molecule has 4 rings (SSSR count). The van der Waals surface area contributed by atoms with Gasteiger partial charge in [-0.3, -0.25) is 9.52 Å². The van der Waals surface area contributed by atoms with Gasteiger partial charge in [-0.1, -0.05) is 42.5 Å². The van der Waals surface area contributed by atoms with E-state index in [1.807, 2.05) is 32.0 Å². The van der Waals surface area contributed by atoms with E-state index in [2.05, 4.69) is 22.9 Å². The van der Waals surface area contributed by atoms with Gasteiger partial charge in [0.1, 0.15) is 0 Å². The van der Waals surface area contributed by atoms with Gasteiger partial charge in [0, 0.05) is 24.3 Å². The van der Waals surface area contributed by atoms with E-state index in [0.29, 0.717) is 24.3 Å². The molecule has 0 unspecified atom stereocenters. The summed E-state index contributed by atoms with van der Waals surface area (Å²) in [7, 11) is -3.69. The summed E-state index contributed by atoms with van der Waals surface area (Å²) in [5.74, 6) is -0.0584. The molecule has 6 heteroatoms. The highest BCUT2D eigenvalue weighted by atomic mass is 32.2.